The zero-order chi connectivity index (χ0) is 20.6. The molecular formula is C22H24FN3O2S. The normalized spacial score (nSPS) is 10.7. The Hall–Kier alpha value is -2.80. The van der Waals surface area contributed by atoms with E-state index >= 15 is 0 Å². The minimum Gasteiger partial charge on any atom is -0.490 e. The molecule has 0 N–H and O–H groups in total. The number of rotatable bonds is 10. The van der Waals surface area contributed by atoms with Gasteiger partial charge < -0.3 is 9.47 Å². The van der Waals surface area contributed by atoms with Crippen molar-refractivity contribution in [2.24, 2.45) is 0 Å². The first-order valence-electron chi connectivity index (χ1n) is 9.37. The number of hydrogen-bond donors (Lipinski definition) is 0. The van der Waals surface area contributed by atoms with Crippen LogP contribution in [0.4, 0.5) is 4.39 Å². The third-order valence-electron chi connectivity index (χ3n) is 4.14. The van der Waals surface area contributed by atoms with E-state index in [0.29, 0.717) is 36.2 Å². The van der Waals surface area contributed by atoms with Crippen molar-refractivity contribution in [3.05, 3.63) is 77.9 Å². The smallest absolute Gasteiger partial charge is 0.191 e. The summed E-state index contributed by atoms with van der Waals surface area (Å²) in [7, 11) is 0. The number of nitrogens with zero attached hydrogens (tertiary/aromatic N) is 3. The molecule has 0 fully saturated rings. The first-order chi connectivity index (χ1) is 14.1. The lowest BCUT2D eigenvalue weighted by molar-refractivity contribution is 0.259. The van der Waals surface area contributed by atoms with Gasteiger partial charge in [-0.3, -0.25) is 4.57 Å². The quantitative estimate of drug-likeness (QED) is 0.338. The second-order valence-electron chi connectivity index (χ2n) is 6.39. The summed E-state index contributed by atoms with van der Waals surface area (Å²) >= 11 is 1.54. The maximum Gasteiger partial charge on any atom is 0.191 e. The number of ether oxygens (including phenoxy) is 2. The summed E-state index contributed by atoms with van der Waals surface area (Å²) in [5, 5.41) is 9.35. The van der Waals surface area contributed by atoms with Crippen molar-refractivity contribution in [1.82, 2.24) is 14.8 Å². The van der Waals surface area contributed by atoms with Crippen LogP contribution in [0.5, 0.6) is 11.5 Å². The molecule has 0 aliphatic carbocycles. The maximum atomic E-state index is 13.1. The summed E-state index contributed by atoms with van der Waals surface area (Å²) in [6, 6.07) is 12.3. The van der Waals surface area contributed by atoms with E-state index in [-0.39, 0.29) is 12.4 Å². The van der Waals surface area contributed by atoms with Crippen LogP contribution in [0.3, 0.4) is 0 Å². The van der Waals surface area contributed by atoms with Crippen molar-refractivity contribution in [2.75, 3.05) is 6.61 Å². The van der Waals surface area contributed by atoms with Crippen LogP contribution in [0.1, 0.15) is 23.9 Å². The number of halogens is 1. The Balaban J connectivity index is 1.71. The fourth-order valence-electron chi connectivity index (χ4n) is 2.72. The van der Waals surface area contributed by atoms with Crippen molar-refractivity contribution in [3.63, 3.8) is 0 Å². The van der Waals surface area contributed by atoms with E-state index in [2.05, 4.69) is 16.8 Å². The van der Waals surface area contributed by atoms with Crippen molar-refractivity contribution in [3.8, 4) is 11.5 Å². The summed E-state index contributed by atoms with van der Waals surface area (Å²) in [5.41, 5.74) is 2.12. The zero-order valence-corrected chi connectivity index (χ0v) is 17.4. The molecule has 1 aromatic heterocycles. The number of allylic oxidation sites excluding steroid dienone is 1. The van der Waals surface area contributed by atoms with Crippen LogP contribution in [-0.2, 0) is 18.9 Å². The van der Waals surface area contributed by atoms with Gasteiger partial charge in [-0.25, -0.2) is 4.39 Å². The Morgan fingerprint density at radius 2 is 1.90 bits per heavy atom. The molecule has 0 aliphatic rings. The minimum absolute atomic E-state index is 0.240. The maximum absolute atomic E-state index is 13.1. The van der Waals surface area contributed by atoms with E-state index in [1.807, 2.05) is 36.6 Å². The number of aryl methyl sites for hydroxylation is 1. The molecule has 0 saturated carbocycles. The van der Waals surface area contributed by atoms with Crippen molar-refractivity contribution < 1.29 is 13.9 Å². The summed E-state index contributed by atoms with van der Waals surface area (Å²) in [6.07, 6.45) is 1.80. The highest BCUT2D eigenvalue weighted by atomic mass is 32.2. The molecule has 2 aromatic carbocycles. The minimum atomic E-state index is -0.240. The van der Waals surface area contributed by atoms with E-state index in [1.165, 1.54) is 12.1 Å². The predicted molar refractivity (Wildman–Crippen MR) is 113 cm³/mol. The fourth-order valence-corrected chi connectivity index (χ4v) is 3.64. The van der Waals surface area contributed by atoms with Gasteiger partial charge >= 0.3 is 0 Å². The molecule has 0 atom stereocenters. The van der Waals surface area contributed by atoms with E-state index < -0.39 is 0 Å². The Morgan fingerprint density at radius 3 is 2.62 bits per heavy atom. The fraction of sp³-hybridized carbons (Fsp3) is 0.273. The molecule has 3 rings (SSSR count). The summed E-state index contributed by atoms with van der Waals surface area (Å²) in [6.45, 7) is 9.18. The van der Waals surface area contributed by atoms with Crippen molar-refractivity contribution >= 4 is 11.8 Å². The van der Waals surface area contributed by atoms with Crippen molar-refractivity contribution in [1.29, 1.82) is 0 Å². The van der Waals surface area contributed by atoms with Crippen LogP contribution < -0.4 is 9.47 Å². The molecule has 7 heteroatoms. The molecule has 0 amide bonds. The van der Waals surface area contributed by atoms with E-state index in [1.54, 1.807) is 30.0 Å². The van der Waals surface area contributed by atoms with E-state index in [4.69, 9.17) is 9.47 Å². The van der Waals surface area contributed by atoms with Gasteiger partial charge in [-0.05, 0) is 49.2 Å². The average molecular weight is 414 g/mol. The van der Waals surface area contributed by atoms with Gasteiger partial charge in [0.2, 0.25) is 0 Å². The molecule has 0 radical (unpaired) electrons. The molecule has 1 heterocycles. The van der Waals surface area contributed by atoms with E-state index in [9.17, 15) is 4.39 Å². The first kappa shape index (κ1) is 20.9. The van der Waals surface area contributed by atoms with Gasteiger partial charge in [-0.15, -0.1) is 16.8 Å². The van der Waals surface area contributed by atoms with Gasteiger partial charge in [0.25, 0.3) is 0 Å². The number of thioether (sulfide) groups is 1. The molecule has 0 spiro atoms. The molecular weight excluding hydrogens is 389 g/mol. The lowest BCUT2D eigenvalue weighted by atomic mass is 10.2. The molecule has 29 heavy (non-hydrogen) atoms. The van der Waals surface area contributed by atoms with Gasteiger partial charge in [0, 0.05) is 12.3 Å². The summed E-state index contributed by atoms with van der Waals surface area (Å²) in [4.78, 5) is 0. The number of benzene rings is 2. The van der Waals surface area contributed by atoms with Crippen molar-refractivity contribution in [2.45, 2.75) is 37.9 Å². The molecule has 3 aromatic rings. The Kier molecular flexibility index (Phi) is 7.30. The van der Waals surface area contributed by atoms with Gasteiger partial charge in [-0.1, -0.05) is 36.0 Å². The van der Waals surface area contributed by atoms with Gasteiger partial charge in [0.05, 0.1) is 6.61 Å². The lowest BCUT2D eigenvalue weighted by Crippen LogP contribution is -2.08. The molecule has 0 unspecified atom stereocenters. The largest absolute Gasteiger partial charge is 0.490 e. The molecule has 0 bridgehead atoms. The summed E-state index contributed by atoms with van der Waals surface area (Å²) < 4.78 is 26.7. The van der Waals surface area contributed by atoms with E-state index in [0.717, 1.165) is 16.3 Å². The predicted octanol–water partition coefficient (Wildman–Crippen LogP) is 5.18. The Morgan fingerprint density at radius 1 is 1.10 bits per heavy atom. The number of hydrogen-bond acceptors (Lipinski definition) is 5. The van der Waals surface area contributed by atoms with Crippen LogP contribution in [0.2, 0.25) is 0 Å². The molecule has 0 saturated heterocycles. The highest BCUT2D eigenvalue weighted by Crippen LogP contribution is 2.29. The standard InChI is InChI=1S/C22H24FN3O2S/c1-4-12-26-21(14-28-19-11-6-16(3)13-20(19)27-5-2)24-25-22(26)29-15-17-7-9-18(23)10-8-17/h4,6-11,13H,1,5,12,14-15H2,2-3H3. The third-order valence-corrected chi connectivity index (χ3v) is 5.18. The van der Waals surface area contributed by atoms with Crippen LogP contribution in [0, 0.1) is 12.7 Å². The Labute approximate surface area is 174 Å². The molecule has 0 aliphatic heterocycles. The number of aromatic nitrogens is 3. The topological polar surface area (TPSA) is 49.2 Å². The summed E-state index contributed by atoms with van der Waals surface area (Å²) in [5.74, 6) is 2.52. The highest BCUT2D eigenvalue weighted by molar-refractivity contribution is 7.98. The third kappa shape index (κ3) is 5.60. The molecule has 5 nitrogen and oxygen atoms in total. The second-order valence-corrected chi connectivity index (χ2v) is 7.33. The highest BCUT2D eigenvalue weighted by Gasteiger charge is 2.14. The van der Waals surface area contributed by atoms with Gasteiger partial charge in [0.1, 0.15) is 12.4 Å². The van der Waals surface area contributed by atoms with Crippen LogP contribution in [0.25, 0.3) is 0 Å². The monoisotopic (exact) mass is 413 g/mol. The van der Waals surface area contributed by atoms with Crippen LogP contribution in [0.15, 0.2) is 60.3 Å². The average Bonchev–Trinajstić information content (AvgIpc) is 3.09. The molecule has 152 valence electrons. The van der Waals surface area contributed by atoms with Gasteiger partial charge in [-0.2, -0.15) is 0 Å². The zero-order valence-electron chi connectivity index (χ0n) is 16.6. The van der Waals surface area contributed by atoms with Gasteiger partial charge in [0.15, 0.2) is 22.5 Å². The first-order valence-corrected chi connectivity index (χ1v) is 10.4. The SMILES string of the molecule is C=CCn1c(COc2ccc(C)cc2OCC)nnc1SCc1ccc(F)cc1. The van der Waals surface area contributed by atoms with Crippen LogP contribution in [-0.4, -0.2) is 21.4 Å². The second kappa shape index (κ2) is 10.1. The van der Waals surface area contributed by atoms with Crippen LogP contribution >= 0.6 is 11.8 Å². The lowest BCUT2D eigenvalue weighted by Gasteiger charge is -2.13. The Bertz CT molecular complexity index is 957.